The largest absolute Gasteiger partial charge is 0.461 e. The third-order valence-electron chi connectivity index (χ3n) is 13.9. The van der Waals surface area contributed by atoms with Crippen LogP contribution in [0.15, 0.2) is 119 Å². The molecule has 0 saturated heterocycles. The summed E-state index contributed by atoms with van der Waals surface area (Å²) < 4.78 is 110. The molecule has 2 saturated carbocycles. The van der Waals surface area contributed by atoms with Gasteiger partial charge in [0, 0.05) is 53.5 Å². The quantitative estimate of drug-likeness (QED) is 0.0305. The molecule has 6 rings (SSSR count). The third-order valence-corrected chi connectivity index (χ3v) is 19.1. The predicted molar refractivity (Wildman–Crippen MR) is 360 cm³/mol. The maximum Gasteiger partial charge on any atom is 0.358 e. The zero-order valence-corrected chi connectivity index (χ0v) is 62.0. The van der Waals surface area contributed by atoms with Crippen molar-refractivity contribution in [3.8, 4) is 0 Å². The fourth-order valence-corrected chi connectivity index (χ4v) is 11.3. The summed E-state index contributed by atoms with van der Waals surface area (Å²) in [6.45, 7) is 28.9. The Morgan fingerprint density at radius 3 is 1.11 bits per heavy atom. The summed E-state index contributed by atoms with van der Waals surface area (Å²) in [5.74, 6) is -8.30. The van der Waals surface area contributed by atoms with Crippen LogP contribution < -0.4 is 16.2 Å². The molecule has 0 spiro atoms. The molecule has 0 heterocycles. The van der Waals surface area contributed by atoms with E-state index in [1.807, 2.05) is 0 Å². The van der Waals surface area contributed by atoms with Gasteiger partial charge >= 0.3 is 23.9 Å². The molecule has 2 aliphatic carbocycles. The van der Waals surface area contributed by atoms with Crippen molar-refractivity contribution >= 4 is 121 Å². The van der Waals surface area contributed by atoms with E-state index in [9.17, 15) is 50.0 Å². The van der Waals surface area contributed by atoms with Crippen molar-refractivity contribution in [1.82, 2.24) is 4.72 Å². The van der Waals surface area contributed by atoms with Gasteiger partial charge in [-0.2, -0.15) is 4.40 Å². The van der Waals surface area contributed by atoms with Crippen molar-refractivity contribution in [2.75, 3.05) is 0 Å². The van der Waals surface area contributed by atoms with Crippen LogP contribution in [0.4, 0.5) is 17.6 Å². The molecule has 7 atom stereocenters. The van der Waals surface area contributed by atoms with Gasteiger partial charge in [0.25, 0.3) is 11.8 Å². The fourth-order valence-electron chi connectivity index (χ4n) is 8.69. The molecule has 5 N–H and O–H groups in total. The highest BCUT2D eigenvalue weighted by atomic mass is 79.9. The number of rotatable bonds is 21. The summed E-state index contributed by atoms with van der Waals surface area (Å²) in [6.07, 6.45) is -2.32. The average Bonchev–Trinajstić information content (AvgIpc) is 1.57. The second-order valence-electron chi connectivity index (χ2n) is 26.1. The topological polar surface area (TPSA) is 233 Å². The van der Waals surface area contributed by atoms with Crippen LogP contribution in [0, 0.1) is 10.8 Å². The van der Waals surface area contributed by atoms with E-state index >= 15 is 0 Å². The highest BCUT2D eigenvalue weighted by molar-refractivity contribution is 9.11. The lowest BCUT2D eigenvalue weighted by Gasteiger charge is -2.35. The number of nitrogens with two attached hydrogens (primary N) is 2. The monoisotopic (exact) mass is 1550 g/mol. The van der Waals surface area contributed by atoms with Crippen LogP contribution in [-0.4, -0.2) is 89.5 Å². The molecule has 25 heteroatoms. The number of hydrogen-bond acceptors (Lipinski definition) is 13. The van der Waals surface area contributed by atoms with E-state index < -0.39 is 94.6 Å². The van der Waals surface area contributed by atoms with Crippen molar-refractivity contribution < 1.29 is 68.9 Å². The van der Waals surface area contributed by atoms with Crippen LogP contribution in [-0.2, 0) is 81.5 Å². The zero-order valence-electron chi connectivity index (χ0n) is 54.0. The van der Waals surface area contributed by atoms with E-state index in [-0.39, 0.29) is 68.0 Å². The molecular formula is C65H86Br4F4N4O11S2. The Morgan fingerprint density at radius 1 is 0.533 bits per heavy atom. The van der Waals surface area contributed by atoms with E-state index in [0.29, 0.717) is 22.3 Å². The van der Waals surface area contributed by atoms with Gasteiger partial charge in [0.2, 0.25) is 0 Å². The summed E-state index contributed by atoms with van der Waals surface area (Å²) >= 11 is 13.3. The zero-order chi connectivity index (χ0) is 69.1. The van der Waals surface area contributed by atoms with Gasteiger partial charge in [-0.05, 0) is 182 Å². The fraction of sp³-hybridized carbons (Fsp3) is 0.538. The molecule has 0 bridgehead atoms. The third kappa shape index (κ3) is 22.6. The minimum absolute atomic E-state index is 0.0875. The number of nitrogens with zero attached hydrogens (tertiary/aromatic N) is 1. The number of ketones is 1. The second-order valence-corrected chi connectivity index (χ2v) is 33.6. The first-order valence-electron chi connectivity index (χ1n) is 28.9. The molecular weight excluding hydrogens is 1470 g/mol. The Hall–Kier alpha value is -4.08. The van der Waals surface area contributed by atoms with Crippen LogP contribution in [0.2, 0.25) is 0 Å². The first kappa shape index (κ1) is 80.2. The van der Waals surface area contributed by atoms with Crippen LogP contribution in [0.25, 0.3) is 0 Å². The van der Waals surface area contributed by atoms with E-state index in [1.54, 1.807) is 194 Å². The lowest BCUT2D eigenvalue weighted by molar-refractivity contribution is -0.157. The van der Waals surface area contributed by atoms with Crippen molar-refractivity contribution in [3.63, 3.8) is 0 Å². The summed E-state index contributed by atoms with van der Waals surface area (Å²) in [7, 11) is -3.11. The number of carbonyl (C=O) groups excluding carboxylic acids is 5. The Kier molecular flexibility index (Phi) is 28.4. The Morgan fingerprint density at radius 2 is 0.833 bits per heavy atom. The Bertz CT molecular complexity index is 3120. The maximum absolute atomic E-state index is 13.6. The standard InChI is InChI=1S/C18H26BrNO4S.2C16H20BrF2NO2.C15H20BrNO3S/c1-12(2)24-16(22)18(11-13(3)21,20-25(23)17(4,5)6)14-7-9-15(19)10-8-14;2*1-10(2)22-13(21)15(20,8-14(3)9-16(14,18)19)11-4-6-12(17)7-5-11;1-10(2)20-14(18)13(17-21(19)15(3,4)5)11-6-8-12(16)9-7-11/h7-10,12,20H,11H2,1-6H3;2*4-7,10H,8-9,20H2,1-3H3;6-10H,1-5H3/t18-,25+;14-,15+;14-,15-;21-/m1010/s1. The summed E-state index contributed by atoms with van der Waals surface area (Å²) in [5, 5.41) is 0. The number of ether oxygens (including phenoxy) is 4. The molecule has 0 radical (unpaired) electrons. The van der Waals surface area contributed by atoms with Gasteiger partial charge in [-0.15, -0.1) is 0 Å². The molecule has 0 aromatic heterocycles. The number of Topliss-reactive ketones (excluding diaryl/α,β-unsaturated/α-hetero) is 1. The van der Waals surface area contributed by atoms with Gasteiger partial charge < -0.3 is 30.4 Å². The van der Waals surface area contributed by atoms with Crippen molar-refractivity contribution in [1.29, 1.82) is 0 Å². The van der Waals surface area contributed by atoms with Gasteiger partial charge in [0.15, 0.2) is 11.3 Å². The van der Waals surface area contributed by atoms with Gasteiger partial charge in [0.1, 0.15) is 27.8 Å². The minimum atomic E-state index is -2.79. The van der Waals surface area contributed by atoms with Gasteiger partial charge in [-0.25, -0.2) is 49.9 Å². The lowest BCUT2D eigenvalue weighted by Crippen LogP contribution is -2.55. The predicted octanol–water partition coefficient (Wildman–Crippen LogP) is 15.3. The maximum atomic E-state index is 13.6. The van der Waals surface area contributed by atoms with E-state index in [1.165, 1.54) is 20.8 Å². The highest BCUT2D eigenvalue weighted by Gasteiger charge is 2.71. The number of carbonyl (C=O) groups is 5. The smallest absolute Gasteiger partial charge is 0.358 e. The summed E-state index contributed by atoms with van der Waals surface area (Å²) in [5.41, 5.74) is 7.51. The van der Waals surface area contributed by atoms with Gasteiger partial charge in [0.05, 0.1) is 44.9 Å². The normalized spacial score (nSPS) is 20.1. The molecule has 90 heavy (non-hydrogen) atoms. The molecule has 0 amide bonds. The van der Waals surface area contributed by atoms with E-state index in [0.717, 1.165) is 17.9 Å². The van der Waals surface area contributed by atoms with Crippen molar-refractivity contribution in [2.45, 2.75) is 212 Å². The number of esters is 4. The first-order chi connectivity index (χ1) is 41.0. The van der Waals surface area contributed by atoms with Gasteiger partial charge in [-0.3, -0.25) is 4.79 Å². The number of nitrogens with one attached hydrogen (secondary N) is 1. The van der Waals surface area contributed by atoms with Crippen molar-refractivity contribution in [3.05, 3.63) is 137 Å². The number of hydrogen-bond donors (Lipinski definition) is 3. The Labute approximate surface area is 566 Å². The van der Waals surface area contributed by atoms with Crippen LogP contribution in [0.3, 0.4) is 0 Å². The SMILES string of the molecule is CC(=O)C[C@](N[S@@](=O)C(C)(C)C)(C(=O)OC(C)C)c1ccc(Br)cc1.CC(C)OC(=O)C(=N[S@@](=O)C(C)(C)C)c1ccc(Br)cc1.CC(C)OC(=O)[C@@](N)(C[C@@]1(C)CC1(F)F)c1ccc(Br)cc1.CC(C)OC(=O)[C@@](N)(C[C@]1(C)CC1(F)F)c1ccc(Br)cc1. The molecule has 0 unspecified atom stereocenters. The average molecular weight is 1560 g/mol. The van der Waals surface area contributed by atoms with E-state index in [2.05, 4.69) is 72.8 Å². The molecule has 0 aliphatic heterocycles. The molecule has 2 aliphatic rings. The Balaban J connectivity index is 0.000000314. The summed E-state index contributed by atoms with van der Waals surface area (Å²) in [4.78, 5) is 62.1. The molecule has 500 valence electrons. The van der Waals surface area contributed by atoms with E-state index in [4.69, 9.17) is 30.4 Å². The van der Waals surface area contributed by atoms with Crippen molar-refractivity contribution in [2.24, 2.45) is 26.7 Å². The molecule has 4 aromatic carbocycles. The number of halogens is 8. The summed E-state index contributed by atoms with van der Waals surface area (Å²) in [6, 6.07) is 27.6. The van der Waals surface area contributed by atoms with Crippen LogP contribution in [0.1, 0.15) is 172 Å². The second kappa shape index (κ2) is 31.9. The lowest BCUT2D eigenvalue weighted by atomic mass is 9.81. The number of alkyl halides is 4. The van der Waals surface area contributed by atoms with Gasteiger partial charge in [-0.1, -0.05) is 126 Å². The molecule has 2 fully saturated rings. The van der Waals surface area contributed by atoms with Crippen LogP contribution in [0.5, 0.6) is 0 Å². The molecule has 4 aromatic rings. The first-order valence-corrected chi connectivity index (χ1v) is 34.3. The number of benzene rings is 4. The highest BCUT2D eigenvalue weighted by Crippen LogP contribution is 2.65. The molecule has 15 nitrogen and oxygen atoms in total. The van der Waals surface area contributed by atoms with Crippen LogP contribution >= 0.6 is 63.7 Å². The minimum Gasteiger partial charge on any atom is -0.461 e.